The van der Waals surface area contributed by atoms with Gasteiger partial charge < -0.3 is 20.8 Å². The Hall–Kier alpha value is -4.13. The number of nitrogens with zero attached hydrogens (tertiary/aromatic N) is 1. The molecule has 162 valence electrons. The molecule has 0 aliphatic rings. The highest BCUT2D eigenvalue weighted by Gasteiger charge is 2.22. The van der Waals surface area contributed by atoms with Gasteiger partial charge in [0, 0.05) is 28.6 Å². The van der Waals surface area contributed by atoms with Crippen LogP contribution in [0.2, 0.25) is 0 Å². The van der Waals surface area contributed by atoms with Gasteiger partial charge in [-0.2, -0.15) is 0 Å². The van der Waals surface area contributed by atoms with E-state index in [1.54, 1.807) is 36.4 Å². The fourth-order valence-corrected chi connectivity index (χ4v) is 3.45. The summed E-state index contributed by atoms with van der Waals surface area (Å²) in [5.41, 5.74) is 9.03. The van der Waals surface area contributed by atoms with Crippen LogP contribution in [0.25, 0.3) is 11.3 Å². The van der Waals surface area contributed by atoms with Gasteiger partial charge in [-0.1, -0.05) is 30.3 Å². The van der Waals surface area contributed by atoms with Gasteiger partial charge in [0.1, 0.15) is 29.3 Å². The Bertz CT molecular complexity index is 1200. The number of aromatic nitrogens is 2. The van der Waals surface area contributed by atoms with Gasteiger partial charge in [0.25, 0.3) is 0 Å². The minimum absolute atomic E-state index is 0.0119. The molecule has 1 heterocycles. The molecule has 1 aromatic heterocycles. The molecule has 0 aliphatic heterocycles. The number of anilines is 1. The second kappa shape index (κ2) is 9.34. The lowest BCUT2D eigenvalue weighted by Crippen LogP contribution is -2.16. The Labute approximate surface area is 185 Å². The minimum Gasteiger partial charge on any atom is -0.494 e. The Balaban J connectivity index is 1.74. The number of aromatic amines is 1. The molecular weight excluding hydrogens is 405 g/mol. The molecule has 1 atom stereocenters. The number of imidazole rings is 1. The number of halogens is 1. The predicted octanol–water partition coefficient (Wildman–Crippen LogP) is 5.10. The highest BCUT2D eigenvalue weighted by molar-refractivity contribution is 5.95. The van der Waals surface area contributed by atoms with Crippen LogP contribution in [0, 0.1) is 11.2 Å². The number of H-pyrrole nitrogens is 1. The van der Waals surface area contributed by atoms with Crippen LogP contribution in [-0.2, 0) is 0 Å². The van der Waals surface area contributed by atoms with E-state index in [-0.39, 0.29) is 11.7 Å². The molecule has 1 unspecified atom stereocenters. The number of benzene rings is 3. The van der Waals surface area contributed by atoms with Crippen LogP contribution in [0.5, 0.6) is 5.75 Å². The molecule has 0 aliphatic carbocycles. The normalized spacial score (nSPS) is 11.7. The Morgan fingerprint density at radius 2 is 1.88 bits per heavy atom. The summed E-state index contributed by atoms with van der Waals surface area (Å²) in [6.45, 7) is 2.36. The van der Waals surface area contributed by atoms with Gasteiger partial charge in [-0.3, -0.25) is 5.41 Å². The van der Waals surface area contributed by atoms with Crippen molar-refractivity contribution < 1.29 is 9.13 Å². The Morgan fingerprint density at radius 1 is 1.12 bits per heavy atom. The van der Waals surface area contributed by atoms with Gasteiger partial charge in [-0.05, 0) is 49.4 Å². The molecule has 0 spiro atoms. The van der Waals surface area contributed by atoms with E-state index >= 15 is 0 Å². The standard InChI is InChI=1S/C25H24FN5O/c1-2-32-19-12-13-21(26)20(14-19)23(30-18-10-8-17(9-11-18)24(27)28)25-29-15-22(31-25)16-6-4-3-5-7-16/h3-15,23,30H,2H2,1H3,(H3,27,28)(H,29,31). The fraction of sp³-hybridized carbons (Fsp3) is 0.120. The smallest absolute Gasteiger partial charge is 0.134 e. The molecule has 7 heteroatoms. The topological polar surface area (TPSA) is 99.8 Å². The molecular formula is C25H24FN5O. The van der Waals surface area contributed by atoms with Crippen molar-refractivity contribution in [2.45, 2.75) is 13.0 Å². The molecule has 0 saturated carbocycles. The maximum Gasteiger partial charge on any atom is 0.134 e. The van der Waals surface area contributed by atoms with Crippen LogP contribution in [0.3, 0.4) is 0 Å². The largest absolute Gasteiger partial charge is 0.494 e. The van der Waals surface area contributed by atoms with E-state index in [2.05, 4.69) is 10.3 Å². The molecule has 5 N–H and O–H groups in total. The first-order chi connectivity index (χ1) is 15.5. The number of nitrogen functional groups attached to an aromatic ring is 1. The first kappa shape index (κ1) is 21.1. The van der Waals surface area contributed by atoms with Crippen molar-refractivity contribution in [3.8, 4) is 17.0 Å². The van der Waals surface area contributed by atoms with Crippen molar-refractivity contribution in [3.63, 3.8) is 0 Å². The van der Waals surface area contributed by atoms with Gasteiger partial charge >= 0.3 is 0 Å². The molecule has 4 rings (SSSR count). The van der Waals surface area contributed by atoms with Crippen molar-refractivity contribution in [2.75, 3.05) is 11.9 Å². The van der Waals surface area contributed by atoms with E-state index in [4.69, 9.17) is 20.9 Å². The second-order valence-electron chi connectivity index (χ2n) is 7.22. The van der Waals surface area contributed by atoms with Crippen molar-refractivity contribution in [1.29, 1.82) is 5.41 Å². The van der Waals surface area contributed by atoms with E-state index in [1.807, 2.05) is 43.5 Å². The zero-order valence-corrected chi connectivity index (χ0v) is 17.6. The maximum absolute atomic E-state index is 15.0. The van der Waals surface area contributed by atoms with E-state index in [1.165, 1.54) is 6.07 Å². The lowest BCUT2D eigenvalue weighted by Gasteiger charge is -2.20. The van der Waals surface area contributed by atoms with E-state index in [9.17, 15) is 4.39 Å². The van der Waals surface area contributed by atoms with Crippen LogP contribution >= 0.6 is 0 Å². The van der Waals surface area contributed by atoms with Crippen molar-refractivity contribution in [3.05, 3.63) is 102 Å². The molecule has 6 nitrogen and oxygen atoms in total. The van der Waals surface area contributed by atoms with Gasteiger partial charge in [0.05, 0.1) is 12.3 Å². The van der Waals surface area contributed by atoms with Gasteiger partial charge in [0.15, 0.2) is 0 Å². The summed E-state index contributed by atoms with van der Waals surface area (Å²) >= 11 is 0. The quantitative estimate of drug-likeness (QED) is 0.231. The third-order valence-corrected chi connectivity index (χ3v) is 5.04. The second-order valence-corrected chi connectivity index (χ2v) is 7.22. The van der Waals surface area contributed by atoms with Crippen molar-refractivity contribution in [2.24, 2.45) is 5.73 Å². The van der Waals surface area contributed by atoms with Gasteiger partial charge in [-0.25, -0.2) is 9.37 Å². The summed E-state index contributed by atoms with van der Waals surface area (Å²) in [4.78, 5) is 7.93. The van der Waals surface area contributed by atoms with E-state index < -0.39 is 6.04 Å². The van der Waals surface area contributed by atoms with Gasteiger partial charge in [0.2, 0.25) is 0 Å². The first-order valence-corrected chi connectivity index (χ1v) is 10.3. The van der Waals surface area contributed by atoms with Crippen LogP contribution < -0.4 is 15.8 Å². The lowest BCUT2D eigenvalue weighted by molar-refractivity contribution is 0.339. The minimum atomic E-state index is -0.601. The number of nitrogens with two attached hydrogens (primary N) is 1. The average Bonchev–Trinajstić information content (AvgIpc) is 3.30. The predicted molar refractivity (Wildman–Crippen MR) is 125 cm³/mol. The van der Waals surface area contributed by atoms with Crippen LogP contribution in [0.15, 0.2) is 79.0 Å². The zero-order chi connectivity index (χ0) is 22.5. The zero-order valence-electron chi connectivity index (χ0n) is 17.6. The molecule has 0 saturated heterocycles. The maximum atomic E-state index is 15.0. The third-order valence-electron chi connectivity index (χ3n) is 5.04. The summed E-state index contributed by atoms with van der Waals surface area (Å²) in [5.74, 6) is 0.760. The molecule has 0 fully saturated rings. The number of hydrogen-bond acceptors (Lipinski definition) is 4. The highest BCUT2D eigenvalue weighted by atomic mass is 19.1. The molecule has 0 bridgehead atoms. The molecule has 0 radical (unpaired) electrons. The van der Waals surface area contributed by atoms with Crippen LogP contribution in [-0.4, -0.2) is 22.4 Å². The summed E-state index contributed by atoms with van der Waals surface area (Å²) in [6.07, 6.45) is 1.81. The molecule has 32 heavy (non-hydrogen) atoms. The van der Waals surface area contributed by atoms with Crippen molar-refractivity contribution in [1.82, 2.24) is 9.97 Å². The number of amidine groups is 1. The van der Waals surface area contributed by atoms with Crippen LogP contribution in [0.1, 0.15) is 29.9 Å². The summed E-state index contributed by atoms with van der Waals surface area (Å²) in [5, 5.41) is 10.9. The molecule has 3 aromatic carbocycles. The fourth-order valence-electron chi connectivity index (χ4n) is 3.45. The summed E-state index contributed by atoms with van der Waals surface area (Å²) in [6, 6.07) is 21.0. The first-order valence-electron chi connectivity index (χ1n) is 10.3. The Kier molecular flexibility index (Phi) is 6.17. The molecule has 4 aromatic rings. The van der Waals surface area contributed by atoms with Gasteiger partial charge in [-0.15, -0.1) is 0 Å². The third kappa shape index (κ3) is 4.62. The average molecular weight is 429 g/mol. The van der Waals surface area contributed by atoms with E-state index in [0.29, 0.717) is 29.3 Å². The van der Waals surface area contributed by atoms with Crippen LogP contribution in [0.4, 0.5) is 10.1 Å². The summed E-state index contributed by atoms with van der Waals surface area (Å²) < 4.78 is 20.6. The number of nitrogens with one attached hydrogen (secondary N) is 3. The number of ether oxygens (including phenoxy) is 1. The summed E-state index contributed by atoms with van der Waals surface area (Å²) in [7, 11) is 0. The number of rotatable bonds is 8. The highest BCUT2D eigenvalue weighted by Crippen LogP contribution is 2.31. The molecule has 0 amide bonds. The number of hydrogen-bond donors (Lipinski definition) is 4. The van der Waals surface area contributed by atoms with Crippen molar-refractivity contribution >= 4 is 11.5 Å². The lowest BCUT2D eigenvalue weighted by atomic mass is 10.0. The Morgan fingerprint density at radius 3 is 2.56 bits per heavy atom. The SMILES string of the molecule is CCOc1ccc(F)c(C(Nc2ccc(C(=N)N)cc2)c2nc(-c3ccccc3)c[nH]2)c1. The van der Waals surface area contributed by atoms with E-state index in [0.717, 1.165) is 16.9 Å². The monoisotopic (exact) mass is 429 g/mol.